The molecule has 0 bridgehead atoms. The van der Waals surface area contributed by atoms with Crippen LogP contribution in [-0.4, -0.2) is 72.7 Å². The zero-order valence-corrected chi connectivity index (χ0v) is 19.8. The smallest absolute Gasteiger partial charge is 0.331 e. The first kappa shape index (κ1) is 25.0. The number of piperazine rings is 1. The molecule has 34 heavy (non-hydrogen) atoms. The molecular formula is C25H32N4O5. The Morgan fingerprint density at radius 3 is 2.50 bits per heavy atom. The van der Waals surface area contributed by atoms with Crippen molar-refractivity contribution in [1.29, 1.82) is 0 Å². The van der Waals surface area contributed by atoms with E-state index < -0.39 is 5.97 Å². The third-order valence-electron chi connectivity index (χ3n) is 5.24. The second kappa shape index (κ2) is 13.2. The van der Waals surface area contributed by atoms with Gasteiger partial charge in [0, 0.05) is 44.6 Å². The molecule has 3 rings (SSSR count). The molecule has 1 aliphatic rings. The lowest BCUT2D eigenvalue weighted by molar-refractivity contribution is -0.148. The quantitative estimate of drug-likeness (QED) is 0.282. The van der Waals surface area contributed by atoms with Gasteiger partial charge in [0.15, 0.2) is 18.1 Å². The normalized spacial score (nSPS) is 13.7. The number of nitrogens with zero attached hydrogens (tertiary/aromatic N) is 4. The number of ether oxygens (including phenoxy) is 3. The van der Waals surface area contributed by atoms with Gasteiger partial charge in [0.25, 0.3) is 5.91 Å². The van der Waals surface area contributed by atoms with E-state index in [1.807, 2.05) is 30.0 Å². The van der Waals surface area contributed by atoms with Crippen molar-refractivity contribution in [3.8, 4) is 11.5 Å². The van der Waals surface area contributed by atoms with Gasteiger partial charge in [-0.3, -0.25) is 4.79 Å². The summed E-state index contributed by atoms with van der Waals surface area (Å²) in [6.45, 7) is 7.16. The van der Waals surface area contributed by atoms with Crippen LogP contribution in [0, 0.1) is 0 Å². The van der Waals surface area contributed by atoms with Gasteiger partial charge in [-0.25, -0.2) is 14.8 Å². The first-order chi connectivity index (χ1) is 16.6. The molecule has 0 spiro atoms. The van der Waals surface area contributed by atoms with E-state index in [0.29, 0.717) is 56.8 Å². The van der Waals surface area contributed by atoms with E-state index in [1.165, 1.54) is 6.08 Å². The van der Waals surface area contributed by atoms with Gasteiger partial charge in [0.1, 0.15) is 0 Å². The summed E-state index contributed by atoms with van der Waals surface area (Å²) >= 11 is 0. The molecule has 0 radical (unpaired) electrons. The molecule has 1 amide bonds. The Kier molecular flexibility index (Phi) is 9.69. The molecule has 1 saturated heterocycles. The van der Waals surface area contributed by atoms with Crippen LogP contribution >= 0.6 is 0 Å². The molecule has 9 nitrogen and oxygen atoms in total. The Morgan fingerprint density at radius 1 is 1.03 bits per heavy atom. The van der Waals surface area contributed by atoms with Crippen LogP contribution in [0.4, 0.5) is 5.95 Å². The Morgan fingerprint density at radius 2 is 1.79 bits per heavy atom. The number of hydrogen-bond acceptors (Lipinski definition) is 8. The van der Waals surface area contributed by atoms with E-state index in [9.17, 15) is 9.59 Å². The number of hydrogen-bond donors (Lipinski definition) is 0. The SMILES string of the molecule is CCCCOc1ccc(/C=C/C(=O)OCC(=O)N2CCN(c3ncccn3)CC2)cc1OCC. The van der Waals surface area contributed by atoms with Gasteiger partial charge >= 0.3 is 5.97 Å². The van der Waals surface area contributed by atoms with Gasteiger partial charge in [-0.2, -0.15) is 0 Å². The maximum Gasteiger partial charge on any atom is 0.331 e. The molecule has 1 aromatic carbocycles. The number of amides is 1. The number of esters is 1. The van der Waals surface area contributed by atoms with E-state index in [0.717, 1.165) is 18.4 Å². The molecule has 0 N–H and O–H groups in total. The predicted octanol–water partition coefficient (Wildman–Crippen LogP) is 2.96. The van der Waals surface area contributed by atoms with E-state index in [1.54, 1.807) is 29.4 Å². The average Bonchev–Trinajstić information content (AvgIpc) is 2.88. The summed E-state index contributed by atoms with van der Waals surface area (Å²) in [5.74, 6) is 1.16. The van der Waals surface area contributed by atoms with Crippen LogP contribution in [0.2, 0.25) is 0 Å². The lowest BCUT2D eigenvalue weighted by atomic mass is 10.2. The minimum absolute atomic E-state index is 0.220. The molecule has 1 fully saturated rings. The number of aromatic nitrogens is 2. The van der Waals surface area contributed by atoms with E-state index in [2.05, 4.69) is 16.9 Å². The first-order valence-corrected chi connectivity index (χ1v) is 11.6. The number of carbonyl (C=O) groups is 2. The maximum absolute atomic E-state index is 12.4. The van der Waals surface area contributed by atoms with Gasteiger partial charge in [0.2, 0.25) is 5.95 Å². The van der Waals surface area contributed by atoms with E-state index in [-0.39, 0.29) is 12.5 Å². The fourth-order valence-electron chi connectivity index (χ4n) is 3.39. The molecule has 0 saturated carbocycles. The second-order valence-electron chi connectivity index (χ2n) is 7.70. The van der Waals surface area contributed by atoms with Crippen molar-refractivity contribution in [3.63, 3.8) is 0 Å². The summed E-state index contributed by atoms with van der Waals surface area (Å²) in [5.41, 5.74) is 0.772. The van der Waals surface area contributed by atoms with Gasteiger partial charge in [-0.1, -0.05) is 19.4 Å². The van der Waals surface area contributed by atoms with Crippen LogP contribution in [0.5, 0.6) is 11.5 Å². The van der Waals surface area contributed by atoms with Crippen LogP contribution in [0.25, 0.3) is 6.08 Å². The highest BCUT2D eigenvalue weighted by molar-refractivity contribution is 5.89. The van der Waals surface area contributed by atoms with Gasteiger partial charge in [-0.05, 0) is 43.2 Å². The summed E-state index contributed by atoms with van der Waals surface area (Å²) in [7, 11) is 0. The van der Waals surface area contributed by atoms with Gasteiger partial charge in [0.05, 0.1) is 13.2 Å². The lowest BCUT2D eigenvalue weighted by Gasteiger charge is -2.34. The average molecular weight is 469 g/mol. The Hall–Kier alpha value is -3.62. The zero-order valence-electron chi connectivity index (χ0n) is 19.8. The summed E-state index contributed by atoms with van der Waals surface area (Å²) in [6.07, 6.45) is 8.34. The molecule has 2 aromatic rings. The minimum Gasteiger partial charge on any atom is -0.490 e. The molecule has 0 aliphatic carbocycles. The van der Waals surface area contributed by atoms with Crippen molar-refractivity contribution in [1.82, 2.24) is 14.9 Å². The zero-order chi connectivity index (χ0) is 24.2. The van der Waals surface area contributed by atoms with Crippen molar-refractivity contribution in [2.45, 2.75) is 26.7 Å². The van der Waals surface area contributed by atoms with Gasteiger partial charge < -0.3 is 24.0 Å². The van der Waals surface area contributed by atoms with Crippen LogP contribution in [0.3, 0.4) is 0 Å². The molecule has 182 valence electrons. The van der Waals surface area contributed by atoms with E-state index >= 15 is 0 Å². The number of benzene rings is 1. The number of unbranched alkanes of at least 4 members (excludes halogenated alkanes) is 1. The van der Waals surface area contributed by atoms with Crippen molar-refractivity contribution in [2.75, 3.05) is 50.9 Å². The third kappa shape index (κ3) is 7.47. The van der Waals surface area contributed by atoms with Crippen LogP contribution < -0.4 is 14.4 Å². The molecule has 1 aliphatic heterocycles. The highest BCUT2D eigenvalue weighted by Gasteiger charge is 2.23. The maximum atomic E-state index is 12.4. The van der Waals surface area contributed by atoms with Gasteiger partial charge in [-0.15, -0.1) is 0 Å². The van der Waals surface area contributed by atoms with E-state index in [4.69, 9.17) is 14.2 Å². The van der Waals surface area contributed by atoms with Crippen molar-refractivity contribution < 1.29 is 23.8 Å². The fraction of sp³-hybridized carbons (Fsp3) is 0.440. The standard InChI is InChI=1S/C25H32N4O5/c1-3-5-17-33-21-9-7-20(18-22(21)32-4-2)8-10-24(31)34-19-23(30)28-13-15-29(16-14-28)25-26-11-6-12-27-25/h6-12,18H,3-5,13-17,19H2,1-2H3/b10-8+. The largest absolute Gasteiger partial charge is 0.490 e. The second-order valence-corrected chi connectivity index (χ2v) is 7.70. The van der Waals surface area contributed by atoms with Crippen molar-refractivity contribution >= 4 is 23.9 Å². The highest BCUT2D eigenvalue weighted by Crippen LogP contribution is 2.29. The fourth-order valence-corrected chi connectivity index (χ4v) is 3.39. The first-order valence-electron chi connectivity index (χ1n) is 11.6. The summed E-state index contributed by atoms with van der Waals surface area (Å²) in [6, 6.07) is 7.25. The molecule has 0 unspecified atom stereocenters. The predicted molar refractivity (Wildman–Crippen MR) is 129 cm³/mol. The summed E-state index contributed by atoms with van der Waals surface area (Å²) < 4.78 is 16.6. The van der Waals surface area contributed by atoms with Crippen LogP contribution in [-0.2, 0) is 14.3 Å². The molecule has 2 heterocycles. The summed E-state index contributed by atoms with van der Waals surface area (Å²) in [5, 5.41) is 0. The topological polar surface area (TPSA) is 94.1 Å². The molecule has 0 atom stereocenters. The Labute approximate surface area is 200 Å². The van der Waals surface area contributed by atoms with Crippen molar-refractivity contribution in [3.05, 3.63) is 48.3 Å². The molecule has 9 heteroatoms. The molecule has 1 aromatic heterocycles. The molecular weight excluding hydrogens is 436 g/mol. The number of rotatable bonds is 11. The number of carbonyl (C=O) groups excluding carboxylic acids is 2. The van der Waals surface area contributed by atoms with Crippen LogP contribution in [0.15, 0.2) is 42.7 Å². The summed E-state index contributed by atoms with van der Waals surface area (Å²) in [4.78, 5) is 36.7. The lowest BCUT2D eigenvalue weighted by Crippen LogP contribution is -2.50. The minimum atomic E-state index is -0.578. The third-order valence-corrected chi connectivity index (χ3v) is 5.24. The van der Waals surface area contributed by atoms with Crippen molar-refractivity contribution in [2.24, 2.45) is 0 Å². The Bertz CT molecular complexity index is 959. The Balaban J connectivity index is 1.45. The number of anilines is 1. The monoisotopic (exact) mass is 468 g/mol. The van der Waals surface area contributed by atoms with Crippen LogP contribution in [0.1, 0.15) is 32.3 Å². The highest BCUT2D eigenvalue weighted by atomic mass is 16.5.